The topological polar surface area (TPSA) is 108 Å². The van der Waals surface area contributed by atoms with Crippen molar-refractivity contribution in [3.8, 4) is 0 Å². The molecule has 1 aromatic heterocycles. The Morgan fingerprint density at radius 2 is 1.93 bits per heavy atom. The first-order chi connectivity index (χ1) is 14.3. The molecule has 2 amide bonds. The van der Waals surface area contributed by atoms with Crippen molar-refractivity contribution >= 4 is 39.1 Å². The van der Waals surface area contributed by atoms with Gasteiger partial charge in [-0.25, -0.2) is 8.42 Å². The number of rotatable bonds is 5. The van der Waals surface area contributed by atoms with Crippen LogP contribution in [0.3, 0.4) is 0 Å². The predicted molar refractivity (Wildman–Crippen MR) is 114 cm³/mol. The third-order valence-corrected chi connectivity index (χ3v) is 7.32. The second-order valence-corrected chi connectivity index (χ2v) is 9.51. The number of carbonyl (C=O) groups is 2. The van der Waals surface area contributed by atoms with Crippen molar-refractivity contribution in [1.82, 2.24) is 14.6 Å². The summed E-state index contributed by atoms with van der Waals surface area (Å²) in [7, 11) is -3.56. The van der Waals surface area contributed by atoms with Gasteiger partial charge in [0.05, 0.1) is 0 Å². The molecule has 1 saturated heterocycles. The van der Waals surface area contributed by atoms with E-state index in [0.29, 0.717) is 43.2 Å². The van der Waals surface area contributed by atoms with E-state index in [2.05, 4.69) is 15.6 Å². The number of halogens is 1. The Balaban J connectivity index is 1.46. The second-order valence-electron chi connectivity index (χ2n) is 7.16. The van der Waals surface area contributed by atoms with Crippen LogP contribution in [-0.4, -0.2) is 49.2 Å². The van der Waals surface area contributed by atoms with Gasteiger partial charge in [-0.05, 0) is 55.5 Å². The molecule has 1 aliphatic rings. The van der Waals surface area contributed by atoms with Gasteiger partial charge in [-0.15, -0.1) is 0 Å². The number of nitrogens with zero attached hydrogens (tertiary/aromatic N) is 2. The van der Waals surface area contributed by atoms with Crippen molar-refractivity contribution in [2.75, 3.05) is 25.0 Å². The van der Waals surface area contributed by atoms with Crippen molar-refractivity contribution in [2.24, 2.45) is 5.92 Å². The van der Waals surface area contributed by atoms with Crippen LogP contribution in [0.2, 0.25) is 5.02 Å². The molecule has 1 fully saturated rings. The minimum absolute atomic E-state index is 0.0934. The molecule has 160 valence electrons. The van der Waals surface area contributed by atoms with Crippen LogP contribution < -0.4 is 10.6 Å². The highest BCUT2D eigenvalue weighted by atomic mass is 35.5. The summed E-state index contributed by atoms with van der Waals surface area (Å²) in [5, 5.41) is 5.64. The Morgan fingerprint density at radius 1 is 1.20 bits per heavy atom. The van der Waals surface area contributed by atoms with E-state index in [0.717, 1.165) is 5.56 Å². The summed E-state index contributed by atoms with van der Waals surface area (Å²) in [6.45, 7) is 2.85. The Labute approximate surface area is 180 Å². The number of anilines is 1. The zero-order valence-electron chi connectivity index (χ0n) is 16.5. The molecule has 2 N–H and O–H groups in total. The molecule has 2 aromatic rings. The maximum Gasteiger partial charge on any atom is 0.313 e. The molecule has 10 heteroatoms. The standard InChI is InChI=1S/C20H23ClN4O4S/c1-14-4-5-16(11-18(14)21)24-20(27)19(26)23-12-15-6-9-25(10-7-15)30(28,29)17-3-2-8-22-13-17/h2-5,8,11,13,15H,6-7,9-10,12H2,1H3,(H,23,26)(H,24,27). The Morgan fingerprint density at radius 3 is 2.57 bits per heavy atom. The summed E-state index contributed by atoms with van der Waals surface area (Å²) in [5.74, 6) is -1.42. The van der Waals surface area contributed by atoms with Crippen LogP contribution in [-0.2, 0) is 19.6 Å². The van der Waals surface area contributed by atoms with Crippen molar-refractivity contribution in [3.63, 3.8) is 0 Å². The molecule has 30 heavy (non-hydrogen) atoms. The number of piperidine rings is 1. The lowest BCUT2D eigenvalue weighted by atomic mass is 9.98. The van der Waals surface area contributed by atoms with Crippen molar-refractivity contribution in [3.05, 3.63) is 53.3 Å². The molecule has 3 rings (SSSR count). The molecule has 1 aliphatic heterocycles. The van der Waals surface area contributed by atoms with Gasteiger partial charge in [-0.1, -0.05) is 17.7 Å². The molecule has 1 aromatic carbocycles. The number of aryl methyl sites for hydroxylation is 1. The van der Waals surface area contributed by atoms with Gasteiger partial charge >= 0.3 is 11.8 Å². The van der Waals surface area contributed by atoms with Crippen LogP contribution in [0.15, 0.2) is 47.6 Å². The van der Waals surface area contributed by atoms with Gasteiger partial charge in [0.15, 0.2) is 0 Å². The maximum absolute atomic E-state index is 12.6. The summed E-state index contributed by atoms with van der Waals surface area (Å²) in [6.07, 6.45) is 4.04. The van der Waals surface area contributed by atoms with Gasteiger partial charge in [0, 0.05) is 42.7 Å². The molecule has 0 radical (unpaired) electrons. The largest absolute Gasteiger partial charge is 0.348 e. The fourth-order valence-electron chi connectivity index (χ4n) is 3.18. The van der Waals surface area contributed by atoms with Crippen molar-refractivity contribution in [2.45, 2.75) is 24.7 Å². The molecule has 0 atom stereocenters. The molecular weight excluding hydrogens is 428 g/mol. The van der Waals surface area contributed by atoms with E-state index >= 15 is 0 Å². The SMILES string of the molecule is Cc1ccc(NC(=O)C(=O)NCC2CCN(S(=O)(=O)c3cccnc3)CC2)cc1Cl. The number of sulfonamides is 1. The Kier molecular flexibility index (Phi) is 7.06. The van der Waals surface area contributed by atoms with E-state index in [1.807, 2.05) is 6.92 Å². The fourth-order valence-corrected chi connectivity index (χ4v) is 4.79. The first-order valence-corrected chi connectivity index (χ1v) is 11.3. The summed E-state index contributed by atoms with van der Waals surface area (Å²) in [5.41, 5.74) is 1.32. The van der Waals surface area contributed by atoms with Crippen LogP contribution >= 0.6 is 11.6 Å². The number of nitrogens with one attached hydrogen (secondary N) is 2. The highest BCUT2D eigenvalue weighted by Gasteiger charge is 2.29. The van der Waals surface area contributed by atoms with Crippen LogP contribution in [0, 0.1) is 12.8 Å². The zero-order valence-corrected chi connectivity index (χ0v) is 18.0. The lowest BCUT2D eigenvalue weighted by molar-refractivity contribution is -0.136. The molecule has 0 unspecified atom stereocenters. The second kappa shape index (κ2) is 9.55. The third-order valence-electron chi connectivity index (χ3n) is 5.03. The van der Waals surface area contributed by atoms with E-state index in [1.54, 1.807) is 24.3 Å². The average Bonchev–Trinajstić information content (AvgIpc) is 2.75. The first kappa shape index (κ1) is 22.2. The maximum atomic E-state index is 12.6. The number of pyridine rings is 1. The highest BCUT2D eigenvalue weighted by Crippen LogP contribution is 2.23. The third kappa shape index (κ3) is 5.35. The number of benzene rings is 1. The van der Waals surface area contributed by atoms with Gasteiger partial charge in [0.2, 0.25) is 10.0 Å². The zero-order chi connectivity index (χ0) is 21.7. The quantitative estimate of drug-likeness (QED) is 0.679. The number of aromatic nitrogens is 1. The van der Waals surface area contributed by atoms with Gasteiger partial charge < -0.3 is 10.6 Å². The molecular formula is C20H23ClN4O4S. The minimum Gasteiger partial charge on any atom is -0.348 e. The molecule has 0 spiro atoms. The normalized spacial score (nSPS) is 15.5. The highest BCUT2D eigenvalue weighted by molar-refractivity contribution is 7.89. The Hall–Kier alpha value is -2.49. The van der Waals surface area contributed by atoms with Crippen LogP contribution in [0.25, 0.3) is 0 Å². The summed E-state index contributed by atoms with van der Waals surface area (Å²) in [4.78, 5) is 28.2. The van der Waals surface area contributed by atoms with E-state index in [-0.39, 0.29) is 10.8 Å². The lowest BCUT2D eigenvalue weighted by Gasteiger charge is -2.31. The monoisotopic (exact) mass is 450 g/mol. The molecule has 8 nitrogen and oxygen atoms in total. The van der Waals surface area contributed by atoms with E-state index in [9.17, 15) is 18.0 Å². The van der Waals surface area contributed by atoms with Gasteiger partial charge in [-0.3, -0.25) is 14.6 Å². The lowest BCUT2D eigenvalue weighted by Crippen LogP contribution is -2.43. The average molecular weight is 451 g/mol. The number of carbonyl (C=O) groups excluding carboxylic acids is 2. The number of amides is 2. The molecule has 0 bridgehead atoms. The summed E-state index contributed by atoms with van der Waals surface area (Å²) in [6, 6.07) is 8.12. The van der Waals surface area contributed by atoms with Gasteiger partial charge in [-0.2, -0.15) is 4.31 Å². The van der Waals surface area contributed by atoms with E-state index in [4.69, 9.17) is 11.6 Å². The minimum atomic E-state index is -3.56. The summed E-state index contributed by atoms with van der Waals surface area (Å²) >= 11 is 6.02. The first-order valence-electron chi connectivity index (χ1n) is 9.53. The fraction of sp³-hybridized carbons (Fsp3) is 0.350. The molecule has 0 aliphatic carbocycles. The van der Waals surface area contributed by atoms with Crippen LogP contribution in [0.1, 0.15) is 18.4 Å². The smallest absolute Gasteiger partial charge is 0.313 e. The Bertz CT molecular complexity index is 1020. The predicted octanol–water partition coefficient (Wildman–Crippen LogP) is 2.20. The van der Waals surface area contributed by atoms with E-state index in [1.165, 1.54) is 22.8 Å². The number of hydrogen-bond donors (Lipinski definition) is 2. The molecule has 2 heterocycles. The molecule has 0 saturated carbocycles. The van der Waals surface area contributed by atoms with E-state index < -0.39 is 21.8 Å². The summed E-state index contributed by atoms with van der Waals surface area (Å²) < 4.78 is 26.7. The van der Waals surface area contributed by atoms with Crippen molar-refractivity contribution < 1.29 is 18.0 Å². The van der Waals surface area contributed by atoms with Gasteiger partial charge in [0.25, 0.3) is 0 Å². The van der Waals surface area contributed by atoms with Gasteiger partial charge in [0.1, 0.15) is 4.90 Å². The van der Waals surface area contributed by atoms with Crippen LogP contribution in [0.4, 0.5) is 5.69 Å². The van der Waals surface area contributed by atoms with Crippen LogP contribution in [0.5, 0.6) is 0 Å². The van der Waals surface area contributed by atoms with Crippen molar-refractivity contribution in [1.29, 1.82) is 0 Å². The number of hydrogen-bond acceptors (Lipinski definition) is 5.